The predicted octanol–water partition coefficient (Wildman–Crippen LogP) is 2.23. The number of nitrogens with one attached hydrogen (secondary N) is 1. The quantitative estimate of drug-likeness (QED) is 0.832. The van der Waals surface area contributed by atoms with Gasteiger partial charge in [-0.05, 0) is 40.2 Å². The molecule has 1 saturated heterocycles. The van der Waals surface area contributed by atoms with Crippen molar-refractivity contribution in [3.8, 4) is 0 Å². The summed E-state index contributed by atoms with van der Waals surface area (Å²) in [5.41, 5.74) is 2.72. The number of piperidine rings is 1. The Kier molecular flexibility index (Phi) is 4.17. The van der Waals surface area contributed by atoms with E-state index in [9.17, 15) is 4.79 Å². The van der Waals surface area contributed by atoms with Gasteiger partial charge in [0.1, 0.15) is 0 Å². The Balaban J connectivity index is 2.10. The van der Waals surface area contributed by atoms with E-state index in [-0.39, 0.29) is 5.78 Å². The van der Waals surface area contributed by atoms with Gasteiger partial charge in [0.15, 0.2) is 5.78 Å². The number of Topliss-reactive ketones (excluding diaryl/α,β-unsaturated/α-hetero) is 1. The van der Waals surface area contributed by atoms with Crippen molar-refractivity contribution in [2.75, 3.05) is 6.54 Å². The number of aromatic nitrogens is 2. The molecular formula is C14H23N3O. The highest BCUT2D eigenvalue weighted by Crippen LogP contribution is 2.18. The number of hydrogen-bond acceptors (Lipinski definition) is 3. The maximum absolute atomic E-state index is 12.4. The zero-order chi connectivity index (χ0) is 13.1. The zero-order valence-electron chi connectivity index (χ0n) is 11.6. The molecule has 1 aromatic rings. The molecule has 1 aromatic heterocycles. The summed E-state index contributed by atoms with van der Waals surface area (Å²) in [6, 6.07) is 0.357. The van der Waals surface area contributed by atoms with Gasteiger partial charge in [-0.25, -0.2) is 0 Å². The molecule has 4 heteroatoms. The minimum absolute atomic E-state index is 0.240. The first-order chi connectivity index (χ1) is 8.63. The normalized spacial score (nSPS) is 20.1. The standard InChI is InChI=1S/C14H23N3O/c1-4-17-11(3)14(10(2)16-17)13(18)9-12-7-5-6-8-15-12/h12,15H,4-9H2,1-3H3. The number of carbonyl (C=O) groups is 1. The van der Waals surface area contributed by atoms with Crippen molar-refractivity contribution in [1.29, 1.82) is 0 Å². The number of hydrogen-bond donors (Lipinski definition) is 1. The van der Waals surface area contributed by atoms with Gasteiger partial charge in [0.05, 0.1) is 11.3 Å². The molecule has 0 radical (unpaired) electrons. The average Bonchev–Trinajstić information content (AvgIpc) is 2.65. The minimum Gasteiger partial charge on any atom is -0.314 e. The van der Waals surface area contributed by atoms with Crippen LogP contribution in [0.4, 0.5) is 0 Å². The van der Waals surface area contributed by atoms with Crippen molar-refractivity contribution >= 4 is 5.78 Å². The summed E-state index contributed by atoms with van der Waals surface area (Å²) in [4.78, 5) is 12.4. The topological polar surface area (TPSA) is 46.9 Å². The van der Waals surface area contributed by atoms with Crippen LogP contribution >= 0.6 is 0 Å². The Labute approximate surface area is 109 Å². The third-order valence-corrected chi connectivity index (χ3v) is 3.80. The van der Waals surface area contributed by atoms with Crippen LogP contribution < -0.4 is 5.32 Å². The van der Waals surface area contributed by atoms with Gasteiger partial charge in [-0.3, -0.25) is 9.48 Å². The van der Waals surface area contributed by atoms with Crippen LogP contribution in [-0.4, -0.2) is 28.2 Å². The van der Waals surface area contributed by atoms with Crippen LogP contribution in [0.15, 0.2) is 0 Å². The van der Waals surface area contributed by atoms with Crippen LogP contribution in [0.2, 0.25) is 0 Å². The van der Waals surface area contributed by atoms with Gasteiger partial charge in [0.25, 0.3) is 0 Å². The number of aryl methyl sites for hydroxylation is 2. The first kappa shape index (κ1) is 13.3. The fraction of sp³-hybridized carbons (Fsp3) is 0.714. The zero-order valence-corrected chi connectivity index (χ0v) is 11.6. The van der Waals surface area contributed by atoms with Crippen LogP contribution in [0.5, 0.6) is 0 Å². The smallest absolute Gasteiger partial charge is 0.168 e. The van der Waals surface area contributed by atoms with E-state index < -0.39 is 0 Å². The number of nitrogens with zero attached hydrogens (tertiary/aromatic N) is 2. The highest BCUT2D eigenvalue weighted by atomic mass is 16.1. The summed E-state index contributed by atoms with van der Waals surface area (Å²) in [5.74, 6) is 0.240. The largest absolute Gasteiger partial charge is 0.314 e. The molecule has 2 heterocycles. The minimum atomic E-state index is 0.240. The van der Waals surface area contributed by atoms with Crippen molar-refractivity contribution in [2.24, 2.45) is 0 Å². The van der Waals surface area contributed by atoms with Crippen LogP contribution in [-0.2, 0) is 6.54 Å². The van der Waals surface area contributed by atoms with Crippen LogP contribution in [0, 0.1) is 13.8 Å². The second kappa shape index (κ2) is 5.65. The second-order valence-electron chi connectivity index (χ2n) is 5.14. The Morgan fingerprint density at radius 2 is 2.22 bits per heavy atom. The van der Waals surface area contributed by atoms with E-state index in [0.29, 0.717) is 12.5 Å². The number of rotatable bonds is 4. The lowest BCUT2D eigenvalue weighted by Gasteiger charge is -2.22. The Bertz CT molecular complexity index is 430. The highest BCUT2D eigenvalue weighted by Gasteiger charge is 2.22. The van der Waals surface area contributed by atoms with E-state index >= 15 is 0 Å². The van der Waals surface area contributed by atoms with Crippen molar-refractivity contribution in [1.82, 2.24) is 15.1 Å². The Morgan fingerprint density at radius 3 is 2.78 bits per heavy atom. The number of carbonyl (C=O) groups excluding carboxylic acids is 1. The molecular weight excluding hydrogens is 226 g/mol. The van der Waals surface area contributed by atoms with Gasteiger partial charge in [0.2, 0.25) is 0 Å². The summed E-state index contributed by atoms with van der Waals surface area (Å²) >= 11 is 0. The highest BCUT2D eigenvalue weighted by molar-refractivity contribution is 5.98. The maximum atomic E-state index is 12.4. The van der Waals surface area contributed by atoms with Crippen molar-refractivity contribution in [3.05, 3.63) is 17.0 Å². The van der Waals surface area contributed by atoms with Crippen molar-refractivity contribution in [3.63, 3.8) is 0 Å². The van der Waals surface area contributed by atoms with E-state index in [1.807, 2.05) is 18.5 Å². The molecule has 1 aliphatic heterocycles. The summed E-state index contributed by atoms with van der Waals surface area (Å²) in [5, 5.41) is 7.85. The molecule has 0 aromatic carbocycles. The molecule has 18 heavy (non-hydrogen) atoms. The lowest BCUT2D eigenvalue weighted by atomic mass is 9.96. The molecule has 0 amide bonds. The first-order valence-corrected chi connectivity index (χ1v) is 6.94. The molecule has 100 valence electrons. The van der Waals surface area contributed by atoms with E-state index in [1.54, 1.807) is 0 Å². The Morgan fingerprint density at radius 1 is 1.44 bits per heavy atom. The van der Waals surface area contributed by atoms with Gasteiger partial charge in [-0.15, -0.1) is 0 Å². The van der Waals surface area contributed by atoms with Gasteiger partial charge >= 0.3 is 0 Å². The van der Waals surface area contributed by atoms with Crippen molar-refractivity contribution < 1.29 is 4.79 Å². The van der Waals surface area contributed by atoms with Crippen LogP contribution in [0.1, 0.15) is 54.4 Å². The fourth-order valence-corrected chi connectivity index (χ4v) is 2.83. The molecule has 1 unspecified atom stereocenters. The van der Waals surface area contributed by atoms with Crippen LogP contribution in [0.25, 0.3) is 0 Å². The molecule has 1 atom stereocenters. The summed E-state index contributed by atoms with van der Waals surface area (Å²) in [6.45, 7) is 7.84. The molecule has 1 fully saturated rings. The Hall–Kier alpha value is -1.16. The lowest BCUT2D eigenvalue weighted by molar-refractivity contribution is 0.0962. The molecule has 0 bridgehead atoms. The molecule has 0 spiro atoms. The monoisotopic (exact) mass is 249 g/mol. The van der Waals surface area contributed by atoms with E-state index in [2.05, 4.69) is 17.3 Å². The summed E-state index contributed by atoms with van der Waals surface area (Å²) < 4.78 is 1.91. The third kappa shape index (κ3) is 2.64. The van der Waals surface area contributed by atoms with Gasteiger partial charge in [-0.2, -0.15) is 5.10 Å². The molecule has 0 saturated carbocycles. The predicted molar refractivity (Wildman–Crippen MR) is 72.0 cm³/mol. The lowest BCUT2D eigenvalue weighted by Crippen LogP contribution is -2.35. The first-order valence-electron chi connectivity index (χ1n) is 6.94. The van der Waals surface area contributed by atoms with E-state index in [1.165, 1.54) is 12.8 Å². The third-order valence-electron chi connectivity index (χ3n) is 3.80. The maximum Gasteiger partial charge on any atom is 0.168 e. The molecule has 4 nitrogen and oxygen atoms in total. The van der Waals surface area contributed by atoms with E-state index in [0.717, 1.165) is 36.5 Å². The van der Waals surface area contributed by atoms with Gasteiger partial charge in [0, 0.05) is 24.7 Å². The van der Waals surface area contributed by atoms with Gasteiger partial charge < -0.3 is 5.32 Å². The summed E-state index contributed by atoms with van der Waals surface area (Å²) in [7, 11) is 0. The average molecular weight is 249 g/mol. The fourth-order valence-electron chi connectivity index (χ4n) is 2.83. The summed E-state index contributed by atoms with van der Waals surface area (Å²) in [6.07, 6.45) is 4.19. The van der Waals surface area contributed by atoms with Gasteiger partial charge in [-0.1, -0.05) is 6.42 Å². The van der Waals surface area contributed by atoms with Crippen LogP contribution in [0.3, 0.4) is 0 Å². The number of ketones is 1. The molecule has 0 aliphatic carbocycles. The SMILES string of the molecule is CCn1nc(C)c(C(=O)CC2CCCCN2)c1C. The molecule has 1 N–H and O–H groups in total. The second-order valence-corrected chi connectivity index (χ2v) is 5.14. The molecule has 1 aliphatic rings. The van der Waals surface area contributed by atoms with Crippen molar-refractivity contribution in [2.45, 2.75) is 59.0 Å². The van der Waals surface area contributed by atoms with E-state index in [4.69, 9.17) is 0 Å². The molecule has 2 rings (SSSR count).